The summed E-state index contributed by atoms with van der Waals surface area (Å²) >= 11 is 0. The Morgan fingerprint density at radius 2 is 1.64 bits per heavy atom. The smallest absolute Gasteiger partial charge is 0.411 e. The van der Waals surface area contributed by atoms with Crippen molar-refractivity contribution in [3.05, 3.63) is 12.2 Å². The van der Waals surface area contributed by atoms with Crippen molar-refractivity contribution in [3.8, 4) is 0 Å². The minimum absolute atomic E-state index is 0.0300. The second-order valence-electron chi connectivity index (χ2n) is 8.11. The lowest BCUT2D eigenvalue weighted by Gasteiger charge is -2.30. The Balaban J connectivity index is 2.19. The molecule has 5 heteroatoms. The molecule has 1 aliphatic heterocycles. The molecular formula is C17H27NO4. The largest absolute Gasteiger partial charge is 0.458 e. The Morgan fingerprint density at radius 1 is 1.05 bits per heavy atom. The van der Waals surface area contributed by atoms with Gasteiger partial charge < -0.3 is 9.47 Å². The number of rotatable bonds is 1. The van der Waals surface area contributed by atoms with Crippen LogP contribution in [0.3, 0.4) is 0 Å². The van der Waals surface area contributed by atoms with Crippen LogP contribution in [0.25, 0.3) is 0 Å². The lowest BCUT2D eigenvalue weighted by Crippen LogP contribution is -2.47. The van der Waals surface area contributed by atoms with Crippen LogP contribution in [0, 0.1) is 11.8 Å². The van der Waals surface area contributed by atoms with E-state index in [-0.39, 0.29) is 17.8 Å². The first-order valence-electron chi connectivity index (χ1n) is 7.87. The Hall–Kier alpha value is -1.52. The second kappa shape index (κ2) is 5.60. The van der Waals surface area contributed by atoms with Crippen LogP contribution >= 0.6 is 0 Å². The average molecular weight is 309 g/mol. The van der Waals surface area contributed by atoms with Gasteiger partial charge in [-0.25, -0.2) is 9.59 Å². The summed E-state index contributed by atoms with van der Waals surface area (Å²) in [5.74, 6) is -0.0372. The van der Waals surface area contributed by atoms with Gasteiger partial charge in [-0.3, -0.25) is 4.90 Å². The van der Waals surface area contributed by atoms with Crippen LogP contribution in [0.2, 0.25) is 0 Å². The SMILES string of the molecule is CC(C)(C)OC(=O)[C@@H]1[C@H]2C=CC[C@H]2CN1C(=O)OC(C)(C)C. The number of fused-ring (bicyclic) bond motifs is 1. The van der Waals surface area contributed by atoms with Gasteiger partial charge in [-0.2, -0.15) is 0 Å². The summed E-state index contributed by atoms with van der Waals surface area (Å²) in [5.41, 5.74) is -1.15. The second-order valence-corrected chi connectivity index (χ2v) is 8.11. The molecule has 0 aromatic rings. The predicted molar refractivity (Wildman–Crippen MR) is 83.3 cm³/mol. The first kappa shape index (κ1) is 16.8. The van der Waals surface area contributed by atoms with Gasteiger partial charge in [0.05, 0.1) is 0 Å². The topological polar surface area (TPSA) is 55.8 Å². The molecule has 2 rings (SSSR count). The Labute approximate surface area is 132 Å². The minimum atomic E-state index is -0.585. The van der Waals surface area contributed by atoms with Crippen molar-refractivity contribution in [2.45, 2.75) is 65.2 Å². The molecule has 0 N–H and O–H groups in total. The van der Waals surface area contributed by atoms with E-state index in [1.165, 1.54) is 4.90 Å². The van der Waals surface area contributed by atoms with Crippen molar-refractivity contribution >= 4 is 12.1 Å². The zero-order valence-electron chi connectivity index (χ0n) is 14.4. The number of carbonyl (C=O) groups is 2. The minimum Gasteiger partial charge on any atom is -0.458 e. The van der Waals surface area contributed by atoms with Crippen molar-refractivity contribution < 1.29 is 19.1 Å². The number of carbonyl (C=O) groups excluding carboxylic acids is 2. The molecule has 1 aliphatic carbocycles. The molecule has 0 spiro atoms. The van der Waals surface area contributed by atoms with Crippen LogP contribution in [0.1, 0.15) is 48.0 Å². The van der Waals surface area contributed by atoms with Crippen molar-refractivity contribution in [3.63, 3.8) is 0 Å². The van der Waals surface area contributed by atoms with Crippen LogP contribution in [-0.4, -0.2) is 40.8 Å². The van der Waals surface area contributed by atoms with Crippen LogP contribution in [0.15, 0.2) is 12.2 Å². The number of hydrogen-bond acceptors (Lipinski definition) is 4. The van der Waals surface area contributed by atoms with Crippen LogP contribution in [0.5, 0.6) is 0 Å². The molecule has 5 nitrogen and oxygen atoms in total. The van der Waals surface area contributed by atoms with Crippen LogP contribution in [0.4, 0.5) is 4.79 Å². The lowest BCUT2D eigenvalue weighted by molar-refractivity contribution is -0.161. The van der Waals surface area contributed by atoms with E-state index in [0.29, 0.717) is 6.54 Å². The molecule has 22 heavy (non-hydrogen) atoms. The molecule has 1 fully saturated rings. The van der Waals surface area contributed by atoms with Gasteiger partial charge in [0.15, 0.2) is 0 Å². The van der Waals surface area contributed by atoms with Gasteiger partial charge >= 0.3 is 12.1 Å². The average Bonchev–Trinajstić information content (AvgIpc) is 2.81. The van der Waals surface area contributed by atoms with E-state index in [0.717, 1.165) is 6.42 Å². The normalized spacial score (nSPS) is 27.7. The number of ether oxygens (including phenoxy) is 2. The molecule has 0 bridgehead atoms. The maximum Gasteiger partial charge on any atom is 0.411 e. The lowest BCUT2D eigenvalue weighted by atomic mass is 9.94. The molecule has 124 valence electrons. The molecule has 0 aromatic heterocycles. The molecule has 1 heterocycles. The molecule has 3 atom stereocenters. The fraction of sp³-hybridized carbons (Fsp3) is 0.765. The van der Waals surface area contributed by atoms with Crippen molar-refractivity contribution in [1.29, 1.82) is 0 Å². The summed E-state index contributed by atoms with van der Waals surface area (Å²) in [7, 11) is 0. The fourth-order valence-electron chi connectivity index (χ4n) is 3.01. The highest BCUT2D eigenvalue weighted by Gasteiger charge is 2.50. The standard InChI is InChI=1S/C17H27NO4/c1-16(2,3)21-14(19)13-12-9-7-8-11(12)10-18(13)15(20)22-17(4,5)6/h7,9,11-13H,8,10H2,1-6H3/t11-,12-,13-/m0/s1. The summed E-state index contributed by atoms with van der Waals surface area (Å²) < 4.78 is 11.0. The van der Waals surface area contributed by atoms with E-state index < -0.39 is 23.3 Å². The van der Waals surface area contributed by atoms with Crippen molar-refractivity contribution in [1.82, 2.24) is 4.90 Å². The van der Waals surface area contributed by atoms with Gasteiger partial charge in [-0.05, 0) is 53.9 Å². The Morgan fingerprint density at radius 3 is 2.18 bits per heavy atom. The maximum absolute atomic E-state index is 12.6. The molecule has 0 saturated carbocycles. The first-order valence-corrected chi connectivity index (χ1v) is 7.87. The Kier molecular flexibility index (Phi) is 4.28. The number of likely N-dealkylation sites (tertiary alicyclic amines) is 1. The van der Waals surface area contributed by atoms with Gasteiger partial charge in [-0.15, -0.1) is 0 Å². The number of hydrogen-bond donors (Lipinski definition) is 0. The number of nitrogens with zero attached hydrogens (tertiary/aromatic N) is 1. The zero-order valence-corrected chi connectivity index (χ0v) is 14.4. The highest BCUT2D eigenvalue weighted by Crippen LogP contribution is 2.39. The molecule has 1 saturated heterocycles. The number of allylic oxidation sites excluding steroid dienone is 1. The van der Waals surface area contributed by atoms with E-state index in [1.54, 1.807) is 0 Å². The summed E-state index contributed by atoms with van der Waals surface area (Å²) in [6.07, 6.45) is 4.57. The van der Waals surface area contributed by atoms with Gasteiger partial charge in [0, 0.05) is 12.5 Å². The third-order valence-corrected chi connectivity index (χ3v) is 3.75. The van der Waals surface area contributed by atoms with Gasteiger partial charge in [0.2, 0.25) is 0 Å². The van der Waals surface area contributed by atoms with Crippen molar-refractivity contribution in [2.24, 2.45) is 11.8 Å². The van der Waals surface area contributed by atoms with Crippen LogP contribution < -0.4 is 0 Å². The molecular weight excluding hydrogens is 282 g/mol. The summed E-state index contributed by atoms with van der Waals surface area (Å²) in [5, 5.41) is 0. The third kappa shape index (κ3) is 3.81. The van der Waals surface area contributed by atoms with E-state index in [1.807, 2.05) is 47.6 Å². The predicted octanol–water partition coefficient (Wildman–Crippen LogP) is 3.14. The van der Waals surface area contributed by atoms with Crippen LogP contribution in [-0.2, 0) is 14.3 Å². The zero-order chi connectivity index (χ0) is 16.7. The quantitative estimate of drug-likeness (QED) is 0.551. The first-order chi connectivity index (χ1) is 9.98. The third-order valence-electron chi connectivity index (χ3n) is 3.75. The summed E-state index contributed by atoms with van der Waals surface area (Å²) in [4.78, 5) is 26.6. The molecule has 2 aliphatic rings. The van der Waals surface area contributed by atoms with Crippen molar-refractivity contribution in [2.75, 3.05) is 6.54 Å². The van der Waals surface area contributed by atoms with E-state index in [9.17, 15) is 9.59 Å². The molecule has 0 unspecified atom stereocenters. The Bertz CT molecular complexity index is 484. The maximum atomic E-state index is 12.6. The summed E-state index contributed by atoms with van der Waals surface area (Å²) in [6, 6.07) is -0.585. The molecule has 0 radical (unpaired) electrons. The van der Waals surface area contributed by atoms with Gasteiger partial charge in [0.1, 0.15) is 17.2 Å². The summed E-state index contributed by atoms with van der Waals surface area (Å²) in [6.45, 7) is 11.5. The van der Waals surface area contributed by atoms with E-state index in [4.69, 9.17) is 9.47 Å². The fourth-order valence-corrected chi connectivity index (χ4v) is 3.01. The number of amides is 1. The number of esters is 1. The van der Waals surface area contributed by atoms with E-state index >= 15 is 0 Å². The monoisotopic (exact) mass is 309 g/mol. The molecule has 1 amide bonds. The van der Waals surface area contributed by atoms with Gasteiger partial charge in [-0.1, -0.05) is 12.2 Å². The highest BCUT2D eigenvalue weighted by molar-refractivity contribution is 5.83. The van der Waals surface area contributed by atoms with Gasteiger partial charge in [0.25, 0.3) is 0 Å². The highest BCUT2D eigenvalue weighted by atomic mass is 16.6. The van der Waals surface area contributed by atoms with E-state index in [2.05, 4.69) is 6.08 Å². The molecule has 0 aromatic carbocycles.